The molecular weight excluding hydrogens is 404 g/mol. The lowest BCUT2D eigenvalue weighted by Gasteiger charge is -2.15. The minimum atomic E-state index is -0.467. The number of methoxy groups -OCH3 is 2. The topological polar surface area (TPSA) is 83.5 Å². The molecule has 0 saturated heterocycles. The first kappa shape index (κ1) is 23.1. The molecule has 168 valence electrons. The van der Waals surface area contributed by atoms with Crippen molar-refractivity contribution in [3.05, 3.63) is 76.6 Å². The maximum Gasteiger partial charge on any atom is 0.337 e. The van der Waals surface area contributed by atoms with E-state index in [-0.39, 0.29) is 0 Å². The van der Waals surface area contributed by atoms with Gasteiger partial charge in [-0.15, -0.1) is 0 Å². The van der Waals surface area contributed by atoms with Crippen LogP contribution in [0.1, 0.15) is 57.4 Å². The van der Waals surface area contributed by atoms with Crippen molar-refractivity contribution in [2.75, 3.05) is 14.2 Å². The van der Waals surface area contributed by atoms with Crippen LogP contribution in [0.25, 0.3) is 11.1 Å². The van der Waals surface area contributed by atoms with Crippen LogP contribution < -0.4 is 10.5 Å². The second-order valence-corrected chi connectivity index (χ2v) is 7.72. The Morgan fingerprint density at radius 2 is 1.72 bits per heavy atom. The molecule has 0 fully saturated rings. The summed E-state index contributed by atoms with van der Waals surface area (Å²) in [5.74, 6) is -0.0690. The normalized spacial score (nSPS) is 10.8. The van der Waals surface area contributed by atoms with Crippen molar-refractivity contribution in [1.82, 2.24) is 4.57 Å². The molecule has 0 bridgehead atoms. The minimum absolute atomic E-state index is 0.400. The molecule has 0 aliphatic rings. The molecule has 0 unspecified atom stereocenters. The van der Waals surface area contributed by atoms with Gasteiger partial charge in [0, 0.05) is 22.5 Å². The van der Waals surface area contributed by atoms with Gasteiger partial charge in [-0.25, -0.2) is 4.79 Å². The predicted octanol–water partition coefficient (Wildman–Crippen LogP) is 4.75. The Kier molecular flexibility index (Phi) is 7.36. The summed E-state index contributed by atoms with van der Waals surface area (Å²) in [5.41, 5.74) is 11.4. The molecule has 0 atom stereocenters. The number of aromatic nitrogens is 1. The molecule has 0 radical (unpaired) electrons. The molecule has 2 aromatic carbocycles. The van der Waals surface area contributed by atoms with Gasteiger partial charge in [0.15, 0.2) is 0 Å². The van der Waals surface area contributed by atoms with Crippen LogP contribution in [0.2, 0.25) is 0 Å². The van der Waals surface area contributed by atoms with Crippen LogP contribution in [0.4, 0.5) is 0 Å². The van der Waals surface area contributed by atoms with Gasteiger partial charge in [-0.1, -0.05) is 43.7 Å². The highest BCUT2D eigenvalue weighted by atomic mass is 16.5. The molecule has 3 rings (SSSR count). The number of amides is 1. The first-order valence-corrected chi connectivity index (χ1v) is 10.7. The van der Waals surface area contributed by atoms with Crippen LogP contribution in [0.15, 0.2) is 48.5 Å². The molecular formula is C26H30N2O4. The van der Waals surface area contributed by atoms with Crippen molar-refractivity contribution >= 4 is 11.9 Å². The van der Waals surface area contributed by atoms with Gasteiger partial charge >= 0.3 is 5.97 Å². The fourth-order valence-electron chi connectivity index (χ4n) is 4.12. The zero-order valence-electron chi connectivity index (χ0n) is 19.1. The summed E-state index contributed by atoms with van der Waals surface area (Å²) in [6, 6.07) is 15.0. The average Bonchev–Trinajstić information content (AvgIpc) is 3.09. The van der Waals surface area contributed by atoms with Crippen LogP contribution in [-0.2, 0) is 17.7 Å². The predicted molar refractivity (Wildman–Crippen MR) is 125 cm³/mol. The lowest BCUT2D eigenvalue weighted by Crippen LogP contribution is -2.14. The van der Waals surface area contributed by atoms with Crippen LogP contribution >= 0.6 is 0 Å². The summed E-state index contributed by atoms with van der Waals surface area (Å²) < 4.78 is 12.5. The van der Waals surface area contributed by atoms with Gasteiger partial charge in [0.1, 0.15) is 5.75 Å². The third kappa shape index (κ3) is 4.54. The SMILES string of the molecule is CCCCc1c(-c2ccc(C(=O)OC)cc2)c(C(N)=O)c(C)n1Cc1ccccc1OC. The van der Waals surface area contributed by atoms with E-state index in [1.165, 1.54) is 7.11 Å². The molecule has 6 nitrogen and oxygen atoms in total. The summed E-state index contributed by atoms with van der Waals surface area (Å²) in [4.78, 5) is 24.4. The van der Waals surface area contributed by atoms with E-state index in [0.29, 0.717) is 17.7 Å². The van der Waals surface area contributed by atoms with Crippen molar-refractivity contribution in [3.63, 3.8) is 0 Å². The van der Waals surface area contributed by atoms with Gasteiger partial charge in [-0.2, -0.15) is 0 Å². The van der Waals surface area contributed by atoms with E-state index < -0.39 is 11.9 Å². The molecule has 32 heavy (non-hydrogen) atoms. The number of nitrogens with two attached hydrogens (primary N) is 1. The average molecular weight is 435 g/mol. The highest BCUT2D eigenvalue weighted by Crippen LogP contribution is 2.35. The number of esters is 1. The molecule has 0 spiro atoms. The standard InChI is InChI=1S/C26H30N2O4/c1-5-6-10-21-24(18-12-14-19(15-13-18)26(30)32-4)23(25(27)29)17(2)28(21)16-20-9-7-8-11-22(20)31-3/h7-9,11-15H,5-6,10,16H2,1-4H3,(H2,27,29). The van der Waals surface area contributed by atoms with E-state index in [2.05, 4.69) is 11.5 Å². The highest BCUT2D eigenvalue weighted by molar-refractivity contribution is 6.02. The van der Waals surface area contributed by atoms with Crippen LogP contribution in [0.5, 0.6) is 5.75 Å². The van der Waals surface area contributed by atoms with Gasteiger partial charge in [-0.3, -0.25) is 4.79 Å². The smallest absolute Gasteiger partial charge is 0.337 e. The summed E-state index contributed by atoms with van der Waals surface area (Å²) in [6.45, 7) is 4.63. The zero-order chi connectivity index (χ0) is 23.3. The van der Waals surface area contributed by atoms with Crippen LogP contribution in [0.3, 0.4) is 0 Å². The Balaban J connectivity index is 2.20. The number of primary amides is 1. The van der Waals surface area contributed by atoms with Crippen molar-refractivity contribution < 1.29 is 19.1 Å². The maximum atomic E-state index is 12.6. The number of unbranched alkanes of at least 4 members (excludes halogenated alkanes) is 1. The van der Waals surface area contributed by atoms with E-state index >= 15 is 0 Å². The Morgan fingerprint density at radius 3 is 2.31 bits per heavy atom. The van der Waals surface area contributed by atoms with Crippen molar-refractivity contribution in [1.29, 1.82) is 0 Å². The first-order chi connectivity index (χ1) is 15.4. The Bertz CT molecular complexity index is 1110. The van der Waals surface area contributed by atoms with E-state index in [0.717, 1.165) is 53.1 Å². The second kappa shape index (κ2) is 10.2. The zero-order valence-corrected chi connectivity index (χ0v) is 19.1. The minimum Gasteiger partial charge on any atom is -0.496 e. The summed E-state index contributed by atoms with van der Waals surface area (Å²) in [7, 11) is 3.01. The molecule has 0 aliphatic carbocycles. The summed E-state index contributed by atoms with van der Waals surface area (Å²) >= 11 is 0. The number of benzene rings is 2. The summed E-state index contributed by atoms with van der Waals surface area (Å²) in [5, 5.41) is 0. The number of rotatable bonds is 9. The van der Waals surface area contributed by atoms with Crippen molar-refractivity contribution in [3.8, 4) is 16.9 Å². The third-order valence-electron chi connectivity index (χ3n) is 5.76. The lowest BCUT2D eigenvalue weighted by molar-refractivity contribution is 0.0600. The van der Waals surface area contributed by atoms with Gasteiger partial charge in [0.2, 0.25) is 0 Å². The van der Waals surface area contributed by atoms with Crippen LogP contribution in [-0.4, -0.2) is 30.7 Å². The van der Waals surface area contributed by atoms with E-state index in [1.807, 2.05) is 43.3 Å². The van der Waals surface area contributed by atoms with Crippen molar-refractivity contribution in [2.45, 2.75) is 39.7 Å². The quantitative estimate of drug-likeness (QED) is 0.493. The van der Waals surface area contributed by atoms with Gasteiger partial charge in [0.05, 0.1) is 31.9 Å². The number of nitrogens with zero attached hydrogens (tertiary/aromatic N) is 1. The molecule has 1 amide bonds. The van der Waals surface area contributed by atoms with E-state index in [1.54, 1.807) is 19.2 Å². The van der Waals surface area contributed by atoms with Gasteiger partial charge in [0.25, 0.3) is 5.91 Å². The first-order valence-electron chi connectivity index (χ1n) is 10.7. The molecule has 1 heterocycles. The molecule has 2 N–H and O–H groups in total. The van der Waals surface area contributed by atoms with E-state index in [4.69, 9.17) is 15.2 Å². The molecule has 1 aromatic heterocycles. The Hall–Kier alpha value is -3.54. The third-order valence-corrected chi connectivity index (χ3v) is 5.76. The molecule has 6 heteroatoms. The lowest BCUT2D eigenvalue weighted by atomic mass is 9.96. The second-order valence-electron chi connectivity index (χ2n) is 7.72. The number of hydrogen-bond donors (Lipinski definition) is 1. The Morgan fingerprint density at radius 1 is 1.03 bits per heavy atom. The number of ether oxygens (including phenoxy) is 2. The van der Waals surface area contributed by atoms with Gasteiger partial charge < -0.3 is 19.8 Å². The highest BCUT2D eigenvalue weighted by Gasteiger charge is 2.25. The monoisotopic (exact) mass is 434 g/mol. The van der Waals surface area contributed by atoms with E-state index in [9.17, 15) is 9.59 Å². The number of carbonyl (C=O) groups excluding carboxylic acids is 2. The number of hydrogen-bond acceptors (Lipinski definition) is 4. The number of para-hydroxylation sites is 1. The summed E-state index contributed by atoms with van der Waals surface area (Å²) in [6.07, 6.45) is 2.79. The molecule has 0 aliphatic heterocycles. The largest absolute Gasteiger partial charge is 0.496 e. The van der Waals surface area contributed by atoms with Crippen LogP contribution in [0, 0.1) is 6.92 Å². The Labute approximate surface area is 189 Å². The fraction of sp³-hybridized carbons (Fsp3) is 0.308. The molecule has 0 saturated carbocycles. The van der Waals surface area contributed by atoms with Gasteiger partial charge in [-0.05, 0) is 43.5 Å². The number of carbonyl (C=O) groups is 2. The van der Waals surface area contributed by atoms with Crippen molar-refractivity contribution in [2.24, 2.45) is 5.73 Å². The molecule has 3 aromatic rings. The fourth-order valence-corrected chi connectivity index (χ4v) is 4.12. The maximum absolute atomic E-state index is 12.6.